The van der Waals surface area contributed by atoms with Gasteiger partial charge in [0.05, 0.1) is 12.2 Å². The van der Waals surface area contributed by atoms with E-state index in [1.165, 1.54) is 10.6 Å². The summed E-state index contributed by atoms with van der Waals surface area (Å²) >= 11 is 0. The maximum Gasteiger partial charge on any atom is 0.231 e. The van der Waals surface area contributed by atoms with E-state index in [-0.39, 0.29) is 25.2 Å². The third kappa shape index (κ3) is 3.17. The van der Waals surface area contributed by atoms with Crippen LogP contribution in [0.5, 0.6) is 11.5 Å². The van der Waals surface area contributed by atoms with Crippen molar-refractivity contribution in [3.05, 3.63) is 18.2 Å². The number of fused-ring (bicyclic) bond motifs is 1. The highest BCUT2D eigenvalue weighted by molar-refractivity contribution is 7.88. The van der Waals surface area contributed by atoms with Crippen molar-refractivity contribution in [2.24, 2.45) is 5.92 Å². The second-order valence-electron chi connectivity index (χ2n) is 5.52. The summed E-state index contributed by atoms with van der Waals surface area (Å²) in [5.74, 6) is 0.735. The Balaban J connectivity index is 1.66. The number of carbonyl (C=O) groups is 1. The summed E-state index contributed by atoms with van der Waals surface area (Å²) in [7, 11) is -3.26. The number of carbonyl (C=O) groups excluding carboxylic acids is 1. The average Bonchev–Trinajstić information content (AvgIpc) is 2.94. The number of nitrogens with one attached hydrogen (secondary N) is 1. The molecule has 0 spiro atoms. The van der Waals surface area contributed by atoms with Crippen LogP contribution in [0, 0.1) is 5.92 Å². The standard InChI is InChI=1S/C14H18N2O5S/c1-22(18,19)16-6-2-3-10(8-16)14(17)15-11-4-5-12-13(7-11)21-9-20-12/h4-5,7,10H,2-3,6,8-9H2,1H3,(H,15,17)/t10-/m0/s1. The van der Waals surface area contributed by atoms with Crippen LogP contribution in [-0.2, 0) is 14.8 Å². The van der Waals surface area contributed by atoms with E-state index in [1.807, 2.05) is 0 Å². The molecule has 7 nitrogen and oxygen atoms in total. The van der Waals surface area contributed by atoms with Crippen molar-refractivity contribution >= 4 is 21.6 Å². The van der Waals surface area contributed by atoms with Crippen LogP contribution in [0.2, 0.25) is 0 Å². The van der Waals surface area contributed by atoms with Gasteiger partial charge in [-0.05, 0) is 25.0 Å². The van der Waals surface area contributed by atoms with E-state index in [2.05, 4.69) is 5.32 Å². The Morgan fingerprint density at radius 2 is 2.09 bits per heavy atom. The number of hydrogen-bond acceptors (Lipinski definition) is 5. The first-order valence-corrected chi connectivity index (χ1v) is 8.94. The molecule has 1 aromatic rings. The number of nitrogens with zero attached hydrogens (tertiary/aromatic N) is 1. The predicted molar refractivity (Wildman–Crippen MR) is 80.3 cm³/mol. The van der Waals surface area contributed by atoms with Crippen LogP contribution in [0.3, 0.4) is 0 Å². The Morgan fingerprint density at radius 1 is 1.32 bits per heavy atom. The topological polar surface area (TPSA) is 84.9 Å². The van der Waals surface area contributed by atoms with E-state index in [0.29, 0.717) is 36.6 Å². The van der Waals surface area contributed by atoms with Gasteiger partial charge in [-0.1, -0.05) is 0 Å². The van der Waals surface area contributed by atoms with Crippen LogP contribution in [0.1, 0.15) is 12.8 Å². The molecule has 1 saturated heterocycles. The maximum atomic E-state index is 12.3. The van der Waals surface area contributed by atoms with E-state index < -0.39 is 10.0 Å². The van der Waals surface area contributed by atoms with E-state index in [0.717, 1.165) is 0 Å². The van der Waals surface area contributed by atoms with Crippen molar-refractivity contribution in [1.82, 2.24) is 4.31 Å². The molecule has 2 heterocycles. The van der Waals surface area contributed by atoms with E-state index in [1.54, 1.807) is 18.2 Å². The molecule has 0 aromatic heterocycles. The maximum absolute atomic E-state index is 12.3. The summed E-state index contributed by atoms with van der Waals surface area (Å²) in [6, 6.07) is 5.18. The first-order valence-electron chi connectivity index (χ1n) is 7.09. The van der Waals surface area contributed by atoms with Crippen molar-refractivity contribution in [1.29, 1.82) is 0 Å². The predicted octanol–water partition coefficient (Wildman–Crippen LogP) is 1.03. The molecule has 1 amide bonds. The highest BCUT2D eigenvalue weighted by Crippen LogP contribution is 2.34. The van der Waals surface area contributed by atoms with Gasteiger partial charge in [-0.25, -0.2) is 12.7 Å². The molecule has 0 aliphatic carbocycles. The summed E-state index contributed by atoms with van der Waals surface area (Å²) in [6.45, 7) is 0.889. The van der Waals surface area contributed by atoms with Crippen LogP contribution >= 0.6 is 0 Å². The van der Waals surface area contributed by atoms with Crippen molar-refractivity contribution < 1.29 is 22.7 Å². The van der Waals surface area contributed by atoms with Gasteiger partial charge in [-0.3, -0.25) is 4.79 Å². The molecule has 0 saturated carbocycles. The van der Waals surface area contributed by atoms with Gasteiger partial charge in [-0.15, -0.1) is 0 Å². The third-order valence-electron chi connectivity index (χ3n) is 3.86. The van der Waals surface area contributed by atoms with Crippen molar-refractivity contribution in [3.8, 4) is 11.5 Å². The lowest BCUT2D eigenvalue weighted by molar-refractivity contribution is -0.120. The van der Waals surface area contributed by atoms with Crippen molar-refractivity contribution in [2.75, 3.05) is 31.5 Å². The molecule has 0 bridgehead atoms. The number of sulfonamides is 1. The van der Waals surface area contributed by atoms with Gasteiger partial charge in [0, 0.05) is 24.8 Å². The van der Waals surface area contributed by atoms with Gasteiger partial charge in [0.1, 0.15) is 0 Å². The number of piperidine rings is 1. The summed E-state index contributed by atoms with van der Waals surface area (Å²) < 4.78 is 35.1. The van der Waals surface area contributed by atoms with E-state index in [4.69, 9.17) is 9.47 Å². The molecular weight excluding hydrogens is 308 g/mol. The van der Waals surface area contributed by atoms with Crippen LogP contribution in [0.4, 0.5) is 5.69 Å². The van der Waals surface area contributed by atoms with E-state index >= 15 is 0 Å². The Hall–Kier alpha value is -1.80. The third-order valence-corrected chi connectivity index (χ3v) is 5.13. The molecule has 2 aliphatic heterocycles. The van der Waals surface area contributed by atoms with Crippen molar-refractivity contribution in [3.63, 3.8) is 0 Å². The zero-order valence-corrected chi connectivity index (χ0v) is 13.1. The van der Waals surface area contributed by atoms with Crippen LogP contribution < -0.4 is 14.8 Å². The van der Waals surface area contributed by atoms with Gasteiger partial charge in [0.25, 0.3) is 0 Å². The van der Waals surface area contributed by atoms with Crippen LogP contribution in [0.25, 0.3) is 0 Å². The number of anilines is 1. The molecule has 1 fully saturated rings. The zero-order valence-electron chi connectivity index (χ0n) is 12.2. The smallest absolute Gasteiger partial charge is 0.231 e. The van der Waals surface area contributed by atoms with Gasteiger partial charge in [0.15, 0.2) is 11.5 Å². The lowest BCUT2D eigenvalue weighted by Crippen LogP contribution is -2.43. The fourth-order valence-electron chi connectivity index (χ4n) is 2.68. The highest BCUT2D eigenvalue weighted by Gasteiger charge is 2.30. The largest absolute Gasteiger partial charge is 0.454 e. The lowest BCUT2D eigenvalue weighted by atomic mass is 9.98. The fourth-order valence-corrected chi connectivity index (χ4v) is 3.59. The van der Waals surface area contributed by atoms with Gasteiger partial charge in [0.2, 0.25) is 22.7 Å². The molecule has 8 heteroatoms. The molecular formula is C14H18N2O5S. The van der Waals surface area contributed by atoms with Crippen molar-refractivity contribution in [2.45, 2.75) is 12.8 Å². The summed E-state index contributed by atoms with van der Waals surface area (Å²) in [6.07, 6.45) is 2.54. The van der Waals surface area contributed by atoms with E-state index in [9.17, 15) is 13.2 Å². The number of rotatable bonds is 3. The second kappa shape index (κ2) is 5.77. The number of benzene rings is 1. The lowest BCUT2D eigenvalue weighted by Gasteiger charge is -2.30. The minimum absolute atomic E-state index is 0.174. The highest BCUT2D eigenvalue weighted by atomic mass is 32.2. The quantitative estimate of drug-likeness (QED) is 0.896. The summed E-state index contributed by atoms with van der Waals surface area (Å²) in [5.41, 5.74) is 0.616. The average molecular weight is 326 g/mol. The molecule has 1 aromatic carbocycles. The zero-order chi connectivity index (χ0) is 15.7. The van der Waals surface area contributed by atoms with Gasteiger partial charge < -0.3 is 14.8 Å². The Morgan fingerprint density at radius 3 is 2.86 bits per heavy atom. The van der Waals surface area contributed by atoms with Gasteiger partial charge >= 0.3 is 0 Å². The van der Waals surface area contributed by atoms with Crippen LogP contribution in [-0.4, -0.2) is 44.8 Å². The Bertz CT molecular complexity index is 688. The summed E-state index contributed by atoms with van der Waals surface area (Å²) in [4.78, 5) is 12.3. The molecule has 0 radical (unpaired) electrons. The number of hydrogen-bond donors (Lipinski definition) is 1. The normalized spacial score (nSPS) is 21.6. The SMILES string of the molecule is CS(=O)(=O)N1CCC[C@H](C(=O)Nc2ccc3c(c2)OCO3)C1. The summed E-state index contributed by atoms with van der Waals surface area (Å²) in [5, 5.41) is 2.82. The number of amides is 1. The first kappa shape index (κ1) is 15.1. The molecule has 0 unspecified atom stereocenters. The molecule has 2 aliphatic rings. The van der Waals surface area contributed by atoms with Gasteiger partial charge in [-0.2, -0.15) is 0 Å². The molecule has 22 heavy (non-hydrogen) atoms. The minimum atomic E-state index is -3.26. The molecule has 3 rings (SSSR count). The van der Waals surface area contributed by atoms with Crippen LogP contribution in [0.15, 0.2) is 18.2 Å². The number of ether oxygens (including phenoxy) is 2. The Kier molecular flexibility index (Phi) is 3.96. The monoisotopic (exact) mass is 326 g/mol. The fraction of sp³-hybridized carbons (Fsp3) is 0.500. The first-order chi connectivity index (χ1) is 10.4. The minimum Gasteiger partial charge on any atom is -0.454 e. The molecule has 120 valence electrons. The Labute approximate surface area is 129 Å². The second-order valence-corrected chi connectivity index (χ2v) is 7.50. The molecule has 1 atom stereocenters. The molecule has 1 N–H and O–H groups in total.